The van der Waals surface area contributed by atoms with Crippen LogP contribution in [-0.2, 0) is 26.2 Å². The zero-order valence-corrected chi connectivity index (χ0v) is 24.6. The summed E-state index contributed by atoms with van der Waals surface area (Å²) >= 11 is 0. The molecule has 0 radical (unpaired) electrons. The fraction of sp³-hybridized carbons (Fsp3) is 0.312. The lowest BCUT2D eigenvalue weighted by atomic mass is 9.95. The largest absolute Gasteiger partial charge is 0.489 e. The summed E-state index contributed by atoms with van der Waals surface area (Å²) in [5.74, 6) is 0.557. The van der Waals surface area contributed by atoms with E-state index in [1.54, 1.807) is 69.3 Å². The first-order valence-electron chi connectivity index (χ1n) is 13.5. The van der Waals surface area contributed by atoms with Gasteiger partial charge in [0.2, 0.25) is 0 Å². The minimum atomic E-state index is -4.05. The number of hydrogen-bond acceptors (Lipinski definition) is 6. The van der Waals surface area contributed by atoms with Gasteiger partial charge in [0.05, 0.1) is 16.6 Å². The van der Waals surface area contributed by atoms with Crippen LogP contribution < -0.4 is 14.4 Å². The number of aryl methyl sites for hydroxylation is 1. The van der Waals surface area contributed by atoms with Gasteiger partial charge in [0.15, 0.2) is 0 Å². The van der Waals surface area contributed by atoms with Crippen molar-refractivity contribution in [2.75, 3.05) is 10.8 Å². The summed E-state index contributed by atoms with van der Waals surface area (Å²) in [6, 6.07) is 20.8. The van der Waals surface area contributed by atoms with E-state index >= 15 is 0 Å². The molecular weight excluding hydrogens is 540 g/mol. The first kappa shape index (κ1) is 29.9. The molecule has 4 rings (SSSR count). The summed E-state index contributed by atoms with van der Waals surface area (Å²) < 4.78 is 40.8. The molecule has 0 aliphatic carbocycles. The Labute approximate surface area is 242 Å². The van der Waals surface area contributed by atoms with E-state index in [0.29, 0.717) is 48.3 Å². The van der Waals surface area contributed by atoms with Crippen molar-refractivity contribution in [2.24, 2.45) is 0 Å². The van der Waals surface area contributed by atoms with E-state index in [2.05, 4.69) is 5.32 Å². The summed E-state index contributed by atoms with van der Waals surface area (Å²) in [4.78, 5) is 24.5. The number of anilines is 1. The van der Waals surface area contributed by atoms with Gasteiger partial charge in [0.25, 0.3) is 10.0 Å². The molecule has 3 aromatic rings. The number of nitrogens with one attached hydrogen (secondary N) is 1. The van der Waals surface area contributed by atoms with E-state index in [-0.39, 0.29) is 11.4 Å². The normalized spacial score (nSPS) is 15.0. The van der Waals surface area contributed by atoms with E-state index in [1.165, 1.54) is 4.31 Å². The molecule has 0 spiro atoms. The van der Waals surface area contributed by atoms with Gasteiger partial charge in [0.1, 0.15) is 24.2 Å². The molecule has 0 saturated heterocycles. The Morgan fingerprint density at radius 2 is 1.73 bits per heavy atom. The molecule has 9 heteroatoms. The Bertz CT molecular complexity index is 1510. The van der Waals surface area contributed by atoms with Crippen LogP contribution in [0.2, 0.25) is 0 Å². The first-order valence-corrected chi connectivity index (χ1v) is 15.0. The predicted octanol–water partition coefficient (Wildman–Crippen LogP) is 6.04. The number of benzene rings is 3. The van der Waals surface area contributed by atoms with Gasteiger partial charge in [0, 0.05) is 17.7 Å². The Balaban J connectivity index is 1.63. The Morgan fingerprint density at radius 1 is 1.02 bits per heavy atom. The number of ether oxygens (including phenoxy) is 2. The fourth-order valence-electron chi connectivity index (χ4n) is 4.58. The molecule has 3 aromatic carbocycles. The highest BCUT2D eigenvalue weighted by Gasteiger charge is 2.37. The number of aldehydes is 1. The monoisotopic (exact) mass is 576 g/mol. The standard InChI is InChI=1S/C32H36N2O6S/c1-23-12-15-28(16-13-23)41(37,38)34-29(11-8-18-33-31(36)40-32(2,3)4)26(21-35)19-25-20-27(14-17-30(25)34)39-22-24-9-6-5-7-10-24/h5-7,9-10,12-17,19-21,29H,8,11,18,22H2,1-4H3,(H,33,36)/t29-/m0/s1. The molecule has 41 heavy (non-hydrogen) atoms. The lowest BCUT2D eigenvalue weighted by Crippen LogP contribution is -2.44. The molecule has 1 amide bonds. The number of sulfonamides is 1. The molecule has 0 saturated carbocycles. The van der Waals surface area contributed by atoms with Crippen molar-refractivity contribution in [1.29, 1.82) is 0 Å². The maximum atomic E-state index is 14.1. The maximum Gasteiger partial charge on any atom is 0.407 e. The first-order chi connectivity index (χ1) is 19.5. The zero-order valence-electron chi connectivity index (χ0n) is 23.8. The van der Waals surface area contributed by atoms with Gasteiger partial charge < -0.3 is 14.8 Å². The van der Waals surface area contributed by atoms with E-state index in [9.17, 15) is 18.0 Å². The SMILES string of the molecule is Cc1ccc(S(=O)(=O)N2c3ccc(OCc4ccccc4)cc3C=C(C=O)[C@@H]2CCCNC(=O)OC(C)(C)C)cc1. The number of carbonyl (C=O) groups excluding carboxylic acids is 2. The van der Waals surface area contributed by atoms with Crippen LogP contribution in [-0.4, -0.2) is 39.0 Å². The molecule has 1 atom stereocenters. The maximum absolute atomic E-state index is 14.1. The van der Waals surface area contributed by atoms with Gasteiger partial charge in [-0.05, 0) is 82.5 Å². The van der Waals surface area contributed by atoms with Crippen molar-refractivity contribution < 1.29 is 27.5 Å². The third-order valence-corrected chi connectivity index (χ3v) is 8.35. The predicted molar refractivity (Wildman–Crippen MR) is 159 cm³/mol. The summed E-state index contributed by atoms with van der Waals surface area (Å²) in [6.45, 7) is 7.83. The molecule has 216 valence electrons. The van der Waals surface area contributed by atoms with Gasteiger partial charge in [-0.3, -0.25) is 9.10 Å². The third kappa shape index (κ3) is 7.55. The van der Waals surface area contributed by atoms with Crippen molar-refractivity contribution in [1.82, 2.24) is 5.32 Å². The highest BCUT2D eigenvalue weighted by Crippen LogP contribution is 2.40. The van der Waals surface area contributed by atoms with Crippen LogP contribution in [0.1, 0.15) is 50.3 Å². The van der Waals surface area contributed by atoms with Gasteiger partial charge in [-0.15, -0.1) is 0 Å². The average molecular weight is 577 g/mol. The molecular formula is C32H36N2O6S. The number of rotatable bonds is 10. The van der Waals surface area contributed by atoms with Crippen LogP contribution in [0.15, 0.2) is 83.3 Å². The van der Waals surface area contributed by atoms with E-state index < -0.39 is 27.8 Å². The summed E-state index contributed by atoms with van der Waals surface area (Å²) in [5, 5.41) is 2.70. The van der Waals surface area contributed by atoms with Crippen LogP contribution in [0, 0.1) is 6.92 Å². The van der Waals surface area contributed by atoms with E-state index in [1.807, 2.05) is 37.3 Å². The molecule has 8 nitrogen and oxygen atoms in total. The minimum absolute atomic E-state index is 0.127. The quantitative estimate of drug-likeness (QED) is 0.233. The van der Waals surface area contributed by atoms with E-state index in [0.717, 1.165) is 11.1 Å². The lowest BCUT2D eigenvalue weighted by molar-refractivity contribution is -0.105. The van der Waals surface area contributed by atoms with Gasteiger partial charge in [-0.25, -0.2) is 13.2 Å². The molecule has 0 aromatic heterocycles. The van der Waals surface area contributed by atoms with Crippen molar-refractivity contribution in [3.05, 3.63) is 95.1 Å². The second kappa shape index (κ2) is 12.6. The number of carbonyl (C=O) groups is 2. The molecule has 1 heterocycles. The Kier molecular flexibility index (Phi) is 9.18. The highest BCUT2D eigenvalue weighted by molar-refractivity contribution is 7.92. The van der Waals surface area contributed by atoms with Crippen molar-refractivity contribution in [3.8, 4) is 5.75 Å². The van der Waals surface area contributed by atoms with Crippen molar-refractivity contribution in [2.45, 2.75) is 63.7 Å². The topological polar surface area (TPSA) is 102 Å². The smallest absolute Gasteiger partial charge is 0.407 e. The minimum Gasteiger partial charge on any atom is -0.489 e. The number of alkyl carbamates (subject to hydrolysis) is 1. The van der Waals surface area contributed by atoms with Crippen molar-refractivity contribution >= 4 is 34.2 Å². The zero-order chi connectivity index (χ0) is 29.6. The summed E-state index contributed by atoms with van der Waals surface area (Å²) in [7, 11) is -4.05. The van der Waals surface area contributed by atoms with Gasteiger partial charge >= 0.3 is 6.09 Å². The average Bonchev–Trinajstić information content (AvgIpc) is 2.93. The molecule has 0 unspecified atom stereocenters. The Hall–Kier alpha value is -4.11. The Morgan fingerprint density at radius 3 is 2.39 bits per heavy atom. The molecule has 1 aliphatic rings. The van der Waals surface area contributed by atoms with Gasteiger partial charge in [-0.1, -0.05) is 48.0 Å². The van der Waals surface area contributed by atoms with Crippen LogP contribution in [0.25, 0.3) is 6.08 Å². The van der Waals surface area contributed by atoms with Crippen LogP contribution >= 0.6 is 0 Å². The van der Waals surface area contributed by atoms with Crippen molar-refractivity contribution in [3.63, 3.8) is 0 Å². The second-order valence-electron chi connectivity index (χ2n) is 11.0. The second-order valence-corrected chi connectivity index (χ2v) is 12.8. The number of amides is 1. The number of fused-ring (bicyclic) bond motifs is 1. The number of nitrogens with zero attached hydrogens (tertiary/aromatic N) is 1. The van der Waals surface area contributed by atoms with Crippen LogP contribution in [0.3, 0.4) is 0 Å². The van der Waals surface area contributed by atoms with Crippen LogP contribution in [0.4, 0.5) is 10.5 Å². The molecule has 1 N–H and O–H groups in total. The van der Waals surface area contributed by atoms with Gasteiger partial charge in [-0.2, -0.15) is 0 Å². The van der Waals surface area contributed by atoms with E-state index in [4.69, 9.17) is 9.47 Å². The molecule has 1 aliphatic heterocycles. The molecule has 0 bridgehead atoms. The summed E-state index contributed by atoms with van der Waals surface area (Å²) in [6.07, 6.45) is 2.58. The fourth-order valence-corrected chi connectivity index (χ4v) is 6.27. The number of hydrogen-bond donors (Lipinski definition) is 1. The third-order valence-electron chi connectivity index (χ3n) is 6.51. The lowest BCUT2D eigenvalue weighted by Gasteiger charge is -2.37. The van der Waals surface area contributed by atoms with Crippen LogP contribution in [0.5, 0.6) is 5.75 Å². The highest BCUT2D eigenvalue weighted by atomic mass is 32.2. The summed E-state index contributed by atoms with van der Waals surface area (Å²) in [5.41, 5.74) is 2.64. The molecule has 0 fully saturated rings.